The van der Waals surface area contributed by atoms with E-state index >= 15 is 0 Å². The molecule has 180 valence electrons. The smallest absolute Gasteiger partial charge is 0.490 e. The van der Waals surface area contributed by atoms with Crippen molar-refractivity contribution in [1.82, 2.24) is 4.72 Å². The van der Waals surface area contributed by atoms with Crippen molar-refractivity contribution in [1.29, 1.82) is 0 Å². The minimum atomic E-state index is -4.87. The van der Waals surface area contributed by atoms with Crippen LogP contribution in [0, 0.1) is 5.82 Å². The second kappa shape index (κ2) is 9.43. The number of ether oxygens (including phenoxy) is 2. The summed E-state index contributed by atoms with van der Waals surface area (Å²) in [5.41, 5.74) is -0.0294. The molecule has 3 rings (SSSR count). The van der Waals surface area contributed by atoms with Gasteiger partial charge in [-0.15, -0.1) is 13.2 Å². The Kier molecular flexibility index (Phi) is 7.20. The van der Waals surface area contributed by atoms with E-state index in [4.69, 9.17) is 27.9 Å². The van der Waals surface area contributed by atoms with E-state index in [9.17, 15) is 30.8 Å². The minimum absolute atomic E-state index is 0.0481. The van der Waals surface area contributed by atoms with Gasteiger partial charge in [-0.3, -0.25) is 4.79 Å². The largest absolute Gasteiger partial charge is 0.573 e. The molecule has 33 heavy (non-hydrogen) atoms. The van der Waals surface area contributed by atoms with Crippen LogP contribution in [0.25, 0.3) is 0 Å². The highest BCUT2D eigenvalue weighted by molar-refractivity contribution is 7.89. The number of alkyl halides is 3. The first-order valence-corrected chi connectivity index (χ1v) is 11.8. The number of nitrogens with zero attached hydrogens (tertiary/aromatic N) is 1. The van der Waals surface area contributed by atoms with Gasteiger partial charge in [0.25, 0.3) is 5.91 Å². The fourth-order valence-electron chi connectivity index (χ4n) is 3.05. The Morgan fingerprint density at radius 3 is 2.39 bits per heavy atom. The first-order valence-electron chi connectivity index (χ1n) is 9.19. The predicted octanol–water partition coefficient (Wildman–Crippen LogP) is 4.38. The molecule has 1 amide bonds. The van der Waals surface area contributed by atoms with Crippen molar-refractivity contribution in [3.8, 4) is 11.5 Å². The van der Waals surface area contributed by atoms with Crippen LogP contribution in [-0.2, 0) is 10.0 Å². The zero-order chi connectivity index (χ0) is 24.6. The molecule has 14 heteroatoms. The number of carbonyl (C=O) groups is 1. The van der Waals surface area contributed by atoms with E-state index in [1.807, 2.05) is 4.90 Å². The first kappa shape index (κ1) is 25.2. The summed E-state index contributed by atoms with van der Waals surface area (Å²) in [4.78, 5) is 13.7. The molecule has 0 aliphatic carbocycles. The van der Waals surface area contributed by atoms with Crippen LogP contribution in [0.3, 0.4) is 0 Å². The van der Waals surface area contributed by atoms with Crippen LogP contribution in [0.1, 0.15) is 16.8 Å². The van der Waals surface area contributed by atoms with Crippen molar-refractivity contribution < 1.29 is 40.2 Å². The third-order valence-electron chi connectivity index (χ3n) is 4.59. The lowest BCUT2D eigenvalue weighted by Gasteiger charge is -2.42. The molecule has 1 N–H and O–H groups in total. The van der Waals surface area contributed by atoms with Crippen LogP contribution in [0.5, 0.6) is 11.5 Å². The Morgan fingerprint density at radius 2 is 1.85 bits per heavy atom. The van der Waals surface area contributed by atoms with Crippen LogP contribution >= 0.6 is 23.2 Å². The van der Waals surface area contributed by atoms with Gasteiger partial charge in [-0.25, -0.2) is 17.5 Å². The molecule has 0 unspecified atom stereocenters. The number of carbonyl (C=O) groups excluding carboxylic acids is 1. The maximum atomic E-state index is 14.3. The van der Waals surface area contributed by atoms with Crippen molar-refractivity contribution in [3.63, 3.8) is 0 Å². The molecule has 1 aliphatic rings. The third-order valence-corrected chi connectivity index (χ3v) is 5.74. The Labute approximate surface area is 196 Å². The molecular formula is C19H16Cl2F4N2O5S. The van der Waals surface area contributed by atoms with Crippen LogP contribution in [-0.4, -0.2) is 46.1 Å². The van der Waals surface area contributed by atoms with Gasteiger partial charge in [0.15, 0.2) is 0 Å². The van der Waals surface area contributed by atoms with E-state index < -0.39 is 39.4 Å². The highest BCUT2D eigenvalue weighted by Crippen LogP contribution is 2.36. The highest BCUT2D eigenvalue weighted by atomic mass is 35.5. The SMILES string of the molecule is CS(=O)(=O)NC(=O)c1cc(Cl)c(OC[C@H]2CCN2c2ccc(OC(F)(F)F)c(Cl)c2)cc1F. The minimum Gasteiger partial charge on any atom is -0.490 e. The van der Waals surface area contributed by atoms with E-state index in [1.165, 1.54) is 12.1 Å². The molecule has 1 fully saturated rings. The molecule has 1 atom stereocenters. The standard InChI is InChI=1S/C19H16Cl2F4N2O5S/c1-33(29,30)26-18(28)12-7-14(21)17(8-15(12)22)31-9-11-4-5-27(11)10-2-3-16(13(20)6-10)32-19(23,24)25/h2-3,6-8,11H,4-5,9H2,1H3,(H,26,28)/t11-/m1/s1. The number of hydrogen-bond acceptors (Lipinski definition) is 6. The number of anilines is 1. The van der Waals surface area contributed by atoms with Gasteiger partial charge >= 0.3 is 6.36 Å². The summed E-state index contributed by atoms with van der Waals surface area (Å²) in [6.07, 6.45) is -3.45. The van der Waals surface area contributed by atoms with Gasteiger partial charge in [0.05, 0.1) is 27.9 Å². The van der Waals surface area contributed by atoms with E-state index in [0.29, 0.717) is 18.7 Å². The molecule has 7 nitrogen and oxygen atoms in total. The number of amides is 1. The van der Waals surface area contributed by atoms with Crippen LogP contribution in [0.2, 0.25) is 10.0 Å². The Morgan fingerprint density at radius 1 is 1.18 bits per heavy atom. The number of halogens is 6. The van der Waals surface area contributed by atoms with Crippen LogP contribution < -0.4 is 19.1 Å². The molecule has 2 aromatic rings. The molecule has 2 aromatic carbocycles. The molecule has 1 heterocycles. The van der Waals surface area contributed by atoms with E-state index in [2.05, 4.69) is 4.74 Å². The summed E-state index contributed by atoms with van der Waals surface area (Å²) >= 11 is 11.9. The third kappa shape index (κ3) is 6.55. The summed E-state index contributed by atoms with van der Waals surface area (Å²) in [6, 6.07) is 5.46. The molecule has 0 radical (unpaired) electrons. The molecule has 0 bridgehead atoms. The predicted molar refractivity (Wildman–Crippen MR) is 113 cm³/mol. The quantitative estimate of drug-likeness (QED) is 0.535. The first-order chi connectivity index (χ1) is 15.2. The van der Waals surface area contributed by atoms with Crippen molar-refractivity contribution >= 4 is 44.8 Å². The number of hydrogen-bond donors (Lipinski definition) is 1. The molecule has 1 aliphatic heterocycles. The van der Waals surface area contributed by atoms with Gasteiger partial charge in [0.2, 0.25) is 10.0 Å². The van der Waals surface area contributed by atoms with Crippen LogP contribution in [0.4, 0.5) is 23.2 Å². The number of sulfonamides is 1. The van der Waals surface area contributed by atoms with Gasteiger partial charge in [-0.2, -0.15) is 0 Å². The molecule has 0 spiro atoms. The molecule has 0 saturated carbocycles. The molecule has 0 aromatic heterocycles. The monoisotopic (exact) mass is 530 g/mol. The van der Waals surface area contributed by atoms with Gasteiger partial charge < -0.3 is 14.4 Å². The van der Waals surface area contributed by atoms with Crippen molar-refractivity contribution in [3.05, 3.63) is 51.8 Å². The molecule has 1 saturated heterocycles. The average molecular weight is 531 g/mol. The highest BCUT2D eigenvalue weighted by Gasteiger charge is 2.33. The van der Waals surface area contributed by atoms with Gasteiger partial charge in [-0.05, 0) is 30.7 Å². The lowest BCUT2D eigenvalue weighted by Crippen LogP contribution is -2.51. The lowest BCUT2D eigenvalue weighted by molar-refractivity contribution is -0.274. The fourth-order valence-corrected chi connectivity index (χ4v) is 3.93. The maximum Gasteiger partial charge on any atom is 0.573 e. The summed E-state index contributed by atoms with van der Waals surface area (Å²) in [7, 11) is -3.89. The summed E-state index contributed by atoms with van der Waals surface area (Å²) in [5, 5.41) is -0.331. The van der Waals surface area contributed by atoms with Gasteiger partial charge in [0.1, 0.15) is 23.9 Å². The van der Waals surface area contributed by atoms with Crippen LogP contribution in [0.15, 0.2) is 30.3 Å². The maximum absolute atomic E-state index is 14.3. The van der Waals surface area contributed by atoms with Crippen molar-refractivity contribution in [2.24, 2.45) is 0 Å². The lowest BCUT2D eigenvalue weighted by atomic mass is 10.0. The Balaban J connectivity index is 1.66. The van der Waals surface area contributed by atoms with Crippen molar-refractivity contribution in [2.75, 3.05) is 24.3 Å². The van der Waals surface area contributed by atoms with E-state index in [-0.39, 0.29) is 28.4 Å². The zero-order valence-electron chi connectivity index (χ0n) is 16.7. The number of nitrogens with one attached hydrogen (secondary N) is 1. The molecular weight excluding hydrogens is 515 g/mol. The fraction of sp³-hybridized carbons (Fsp3) is 0.316. The number of rotatable bonds is 7. The summed E-state index contributed by atoms with van der Waals surface area (Å²) in [5.74, 6) is -2.80. The van der Waals surface area contributed by atoms with Gasteiger partial charge in [-0.1, -0.05) is 23.2 Å². The second-order valence-corrected chi connectivity index (χ2v) is 9.64. The average Bonchev–Trinajstić information content (AvgIpc) is 2.63. The summed E-state index contributed by atoms with van der Waals surface area (Å²) < 4.78 is 84.8. The second-order valence-electron chi connectivity index (χ2n) is 7.08. The van der Waals surface area contributed by atoms with E-state index in [1.54, 1.807) is 4.72 Å². The zero-order valence-corrected chi connectivity index (χ0v) is 19.1. The van der Waals surface area contributed by atoms with Crippen molar-refractivity contribution in [2.45, 2.75) is 18.8 Å². The Bertz CT molecular complexity index is 1180. The topological polar surface area (TPSA) is 84.9 Å². The number of benzene rings is 2. The van der Waals surface area contributed by atoms with E-state index in [0.717, 1.165) is 24.5 Å². The normalized spacial score (nSPS) is 16.2. The van der Waals surface area contributed by atoms with Gasteiger partial charge in [0, 0.05) is 18.3 Å². The summed E-state index contributed by atoms with van der Waals surface area (Å²) in [6.45, 7) is 0.628. The Hall–Kier alpha value is -2.44.